The number of thiazole rings is 1. The fourth-order valence-corrected chi connectivity index (χ4v) is 3.01. The molecular weight excluding hydrogens is 320 g/mol. The van der Waals surface area contributed by atoms with Gasteiger partial charge >= 0.3 is 0 Å². The first-order chi connectivity index (χ1) is 11.1. The van der Waals surface area contributed by atoms with Crippen molar-refractivity contribution in [1.82, 2.24) is 15.0 Å². The molecule has 0 aliphatic carbocycles. The zero-order valence-electron chi connectivity index (χ0n) is 15.7. The minimum atomic E-state index is -0.110. The molecule has 0 fully saturated rings. The van der Waals surface area contributed by atoms with Gasteiger partial charge in [-0.1, -0.05) is 41.5 Å². The second-order valence-corrected chi connectivity index (χ2v) is 8.92. The van der Waals surface area contributed by atoms with Gasteiger partial charge in [0.05, 0.1) is 24.5 Å². The molecule has 0 saturated carbocycles. The lowest BCUT2D eigenvalue weighted by Gasteiger charge is -2.18. The molecule has 2 aromatic rings. The first kappa shape index (κ1) is 18.8. The van der Waals surface area contributed by atoms with Gasteiger partial charge < -0.3 is 10.1 Å². The van der Waals surface area contributed by atoms with Gasteiger partial charge in [0.25, 0.3) is 0 Å². The van der Waals surface area contributed by atoms with Crippen LogP contribution in [-0.4, -0.2) is 22.1 Å². The topological polar surface area (TPSA) is 59.9 Å². The third-order valence-electron chi connectivity index (χ3n) is 3.48. The smallest absolute Gasteiger partial charge is 0.136 e. The van der Waals surface area contributed by atoms with E-state index in [1.807, 2.05) is 6.07 Å². The third-order valence-corrected chi connectivity index (χ3v) is 4.33. The van der Waals surface area contributed by atoms with Gasteiger partial charge in [-0.3, -0.25) is 0 Å². The Morgan fingerprint density at radius 1 is 1.04 bits per heavy atom. The first-order valence-corrected chi connectivity index (χ1v) is 9.03. The predicted molar refractivity (Wildman–Crippen MR) is 99.6 cm³/mol. The summed E-state index contributed by atoms with van der Waals surface area (Å²) in [5.74, 6) is 1.63. The van der Waals surface area contributed by atoms with E-state index in [2.05, 4.69) is 62.2 Å². The maximum absolute atomic E-state index is 5.23. The molecule has 6 heteroatoms. The van der Waals surface area contributed by atoms with Crippen LogP contribution in [0, 0.1) is 0 Å². The fraction of sp³-hybridized carbons (Fsp3) is 0.611. The van der Waals surface area contributed by atoms with Gasteiger partial charge in [0.1, 0.15) is 16.6 Å². The Kier molecular flexibility index (Phi) is 5.60. The minimum absolute atomic E-state index is 0.0781. The molecule has 2 rings (SSSR count). The van der Waals surface area contributed by atoms with Crippen LogP contribution in [0.1, 0.15) is 63.8 Å². The SMILES string of the molecule is COCc1cc(NCc2nc(C(C)(C)C)cs2)nc(C(C)(C)C)n1. The van der Waals surface area contributed by atoms with Crippen LogP contribution in [0.3, 0.4) is 0 Å². The van der Waals surface area contributed by atoms with Crippen molar-refractivity contribution in [1.29, 1.82) is 0 Å². The molecule has 0 atom stereocenters. The van der Waals surface area contributed by atoms with Crippen LogP contribution in [0.2, 0.25) is 0 Å². The Labute approximate surface area is 148 Å². The number of methoxy groups -OCH3 is 1. The number of anilines is 1. The Morgan fingerprint density at radius 3 is 2.29 bits per heavy atom. The van der Waals surface area contributed by atoms with Crippen LogP contribution in [0.5, 0.6) is 0 Å². The van der Waals surface area contributed by atoms with E-state index in [-0.39, 0.29) is 10.8 Å². The lowest BCUT2D eigenvalue weighted by molar-refractivity contribution is 0.181. The van der Waals surface area contributed by atoms with E-state index in [4.69, 9.17) is 9.72 Å². The summed E-state index contributed by atoms with van der Waals surface area (Å²) >= 11 is 1.68. The van der Waals surface area contributed by atoms with Crippen molar-refractivity contribution >= 4 is 17.2 Å². The largest absolute Gasteiger partial charge is 0.378 e. The molecule has 2 aromatic heterocycles. The van der Waals surface area contributed by atoms with Gasteiger partial charge in [-0.15, -0.1) is 11.3 Å². The molecule has 0 bridgehead atoms. The van der Waals surface area contributed by atoms with E-state index in [0.29, 0.717) is 13.2 Å². The molecule has 0 aliphatic rings. The average Bonchev–Trinajstić information content (AvgIpc) is 2.93. The molecule has 132 valence electrons. The molecule has 0 aromatic carbocycles. The van der Waals surface area contributed by atoms with E-state index < -0.39 is 0 Å². The van der Waals surface area contributed by atoms with Crippen molar-refractivity contribution in [3.05, 3.63) is 33.7 Å². The quantitative estimate of drug-likeness (QED) is 0.873. The van der Waals surface area contributed by atoms with Gasteiger partial charge in [0.2, 0.25) is 0 Å². The number of ether oxygens (including phenoxy) is 1. The molecule has 1 N–H and O–H groups in total. The Hall–Kier alpha value is -1.53. The van der Waals surface area contributed by atoms with Crippen molar-refractivity contribution in [2.24, 2.45) is 0 Å². The minimum Gasteiger partial charge on any atom is -0.378 e. The highest BCUT2D eigenvalue weighted by atomic mass is 32.1. The molecule has 24 heavy (non-hydrogen) atoms. The fourth-order valence-electron chi connectivity index (χ4n) is 2.05. The third kappa shape index (κ3) is 4.98. The predicted octanol–water partition coefficient (Wildman–Crippen LogP) is 4.29. The lowest BCUT2D eigenvalue weighted by atomic mass is 9.93. The molecule has 0 radical (unpaired) electrons. The molecule has 0 aliphatic heterocycles. The second kappa shape index (κ2) is 7.15. The molecule has 0 unspecified atom stereocenters. The molecule has 0 saturated heterocycles. The van der Waals surface area contributed by atoms with Gasteiger partial charge in [0.15, 0.2) is 0 Å². The summed E-state index contributed by atoms with van der Waals surface area (Å²) in [5.41, 5.74) is 1.98. The van der Waals surface area contributed by atoms with Crippen molar-refractivity contribution in [3.8, 4) is 0 Å². The lowest BCUT2D eigenvalue weighted by Crippen LogP contribution is -2.18. The van der Waals surface area contributed by atoms with Crippen molar-refractivity contribution < 1.29 is 4.74 Å². The first-order valence-electron chi connectivity index (χ1n) is 8.16. The summed E-state index contributed by atoms with van der Waals surface area (Å²) < 4.78 is 5.23. The summed E-state index contributed by atoms with van der Waals surface area (Å²) in [6.45, 7) is 14.0. The number of hydrogen-bond acceptors (Lipinski definition) is 6. The zero-order valence-corrected chi connectivity index (χ0v) is 16.5. The van der Waals surface area contributed by atoms with E-state index in [1.165, 1.54) is 0 Å². The second-order valence-electron chi connectivity index (χ2n) is 7.98. The van der Waals surface area contributed by atoms with Gasteiger partial charge in [-0.2, -0.15) is 0 Å². The summed E-state index contributed by atoms with van der Waals surface area (Å²) in [6.07, 6.45) is 0. The zero-order chi connectivity index (χ0) is 18.0. The number of hydrogen-bond donors (Lipinski definition) is 1. The van der Waals surface area contributed by atoms with Gasteiger partial charge in [0, 0.05) is 29.4 Å². The van der Waals surface area contributed by atoms with Gasteiger partial charge in [-0.25, -0.2) is 15.0 Å². The van der Waals surface area contributed by atoms with E-state index in [0.717, 1.165) is 28.0 Å². The van der Waals surface area contributed by atoms with Crippen LogP contribution in [-0.2, 0) is 28.7 Å². The van der Waals surface area contributed by atoms with Crippen molar-refractivity contribution in [2.75, 3.05) is 12.4 Å². The van der Waals surface area contributed by atoms with Crippen LogP contribution in [0.25, 0.3) is 0 Å². The highest BCUT2D eigenvalue weighted by Gasteiger charge is 2.20. The maximum atomic E-state index is 5.23. The highest BCUT2D eigenvalue weighted by Crippen LogP contribution is 2.25. The summed E-state index contributed by atoms with van der Waals surface area (Å²) in [7, 11) is 1.68. The highest BCUT2D eigenvalue weighted by molar-refractivity contribution is 7.09. The standard InChI is InChI=1S/C18H28N4OS/c1-17(2,3)13-11-24-15(21-13)9-19-14-8-12(10-23-7)20-16(22-14)18(4,5)6/h8,11H,9-10H2,1-7H3,(H,19,20,22). The maximum Gasteiger partial charge on any atom is 0.136 e. The Balaban J connectivity index is 2.16. The molecular formula is C18H28N4OS. The van der Waals surface area contributed by atoms with Crippen molar-refractivity contribution in [3.63, 3.8) is 0 Å². The molecule has 0 amide bonds. The summed E-state index contributed by atoms with van der Waals surface area (Å²) in [4.78, 5) is 14.0. The molecule has 0 spiro atoms. The Bertz CT molecular complexity index is 683. The molecule has 2 heterocycles. The monoisotopic (exact) mass is 348 g/mol. The van der Waals surface area contributed by atoms with Crippen LogP contribution in [0.15, 0.2) is 11.4 Å². The van der Waals surface area contributed by atoms with Gasteiger partial charge in [-0.05, 0) is 0 Å². The van der Waals surface area contributed by atoms with Crippen LogP contribution in [0.4, 0.5) is 5.82 Å². The number of aromatic nitrogens is 3. The summed E-state index contributed by atoms with van der Waals surface area (Å²) in [6, 6.07) is 1.94. The van der Waals surface area contributed by atoms with E-state index in [1.54, 1.807) is 18.4 Å². The van der Waals surface area contributed by atoms with E-state index in [9.17, 15) is 0 Å². The summed E-state index contributed by atoms with van der Waals surface area (Å²) in [5, 5.41) is 6.57. The number of nitrogens with zero attached hydrogens (tertiary/aromatic N) is 3. The normalized spacial score (nSPS) is 12.5. The van der Waals surface area contributed by atoms with E-state index >= 15 is 0 Å². The Morgan fingerprint density at radius 2 is 1.75 bits per heavy atom. The van der Waals surface area contributed by atoms with Crippen LogP contribution >= 0.6 is 11.3 Å². The van der Waals surface area contributed by atoms with Crippen LogP contribution < -0.4 is 5.32 Å². The number of rotatable bonds is 5. The average molecular weight is 349 g/mol. The molecule has 5 nitrogen and oxygen atoms in total. The number of nitrogens with one attached hydrogen (secondary N) is 1. The van der Waals surface area contributed by atoms with Crippen molar-refractivity contribution in [2.45, 2.75) is 65.5 Å².